The third kappa shape index (κ3) is 36.7. The zero-order valence-corrected chi connectivity index (χ0v) is 34.7. The fourth-order valence-electron chi connectivity index (χ4n) is 7.22. The number of ether oxygens (including phenoxy) is 1. The zero-order valence-electron chi connectivity index (χ0n) is 34.7. The second-order valence-electron chi connectivity index (χ2n) is 15.8. The topological polar surface area (TPSA) is 119 Å². The lowest BCUT2D eigenvalue weighted by molar-refractivity contribution is -0.150. The molecule has 0 spiro atoms. The summed E-state index contributed by atoms with van der Waals surface area (Å²) in [5.41, 5.74) is 5.48. The molecule has 0 saturated carbocycles. The van der Waals surface area contributed by atoms with Crippen LogP contribution in [-0.4, -0.2) is 41.6 Å². The fourth-order valence-corrected chi connectivity index (χ4v) is 7.22. The van der Waals surface area contributed by atoms with Crippen molar-refractivity contribution in [3.8, 4) is 0 Å². The first-order valence-corrected chi connectivity index (χ1v) is 22.9. The van der Waals surface area contributed by atoms with Crippen molar-refractivity contribution in [2.45, 2.75) is 264 Å². The summed E-state index contributed by atoms with van der Waals surface area (Å²) in [7, 11) is 0. The van der Waals surface area contributed by atoms with Gasteiger partial charge in [-0.1, -0.05) is 187 Å². The first kappa shape index (κ1) is 50.4. The standard InChI is InChI=1S/C45H88N2O5/c1-3-5-7-9-10-11-12-13-14-15-16-17-18-19-20-21-22-23-24-25-27-33-39-44(49)52-41(35-30-26-8-6-4-2)36-31-28-29-32-38-43(48)47-42(45(50)51)37-34-40-46/h41-42H,3-40,46H2,1-2H3,(H,47,48)(H,50,51). The number of carboxylic acids is 1. The number of unbranched alkanes of at least 4 members (excludes halogenated alkanes) is 28. The van der Waals surface area contributed by atoms with Crippen molar-refractivity contribution in [2.24, 2.45) is 5.73 Å². The molecule has 0 aliphatic heterocycles. The maximum atomic E-state index is 12.7. The highest BCUT2D eigenvalue weighted by atomic mass is 16.5. The minimum absolute atomic E-state index is 0.00369. The van der Waals surface area contributed by atoms with Crippen LogP contribution in [0.3, 0.4) is 0 Å². The Morgan fingerprint density at radius 2 is 0.827 bits per heavy atom. The van der Waals surface area contributed by atoms with E-state index < -0.39 is 12.0 Å². The van der Waals surface area contributed by atoms with E-state index in [4.69, 9.17) is 10.5 Å². The van der Waals surface area contributed by atoms with Crippen LogP contribution in [0, 0.1) is 0 Å². The average molecular weight is 737 g/mol. The highest BCUT2D eigenvalue weighted by Gasteiger charge is 2.19. The molecule has 308 valence electrons. The number of nitrogens with two attached hydrogens (primary N) is 1. The van der Waals surface area contributed by atoms with Gasteiger partial charge in [0.25, 0.3) is 0 Å². The molecule has 2 unspecified atom stereocenters. The number of rotatable bonds is 42. The number of hydrogen-bond acceptors (Lipinski definition) is 5. The molecule has 52 heavy (non-hydrogen) atoms. The zero-order chi connectivity index (χ0) is 38.2. The number of carbonyl (C=O) groups excluding carboxylic acids is 2. The van der Waals surface area contributed by atoms with Crippen molar-refractivity contribution >= 4 is 17.8 Å². The van der Waals surface area contributed by atoms with Crippen LogP contribution >= 0.6 is 0 Å². The van der Waals surface area contributed by atoms with Gasteiger partial charge in [0, 0.05) is 12.8 Å². The predicted molar refractivity (Wildman–Crippen MR) is 221 cm³/mol. The lowest BCUT2D eigenvalue weighted by atomic mass is 10.0. The van der Waals surface area contributed by atoms with Crippen molar-refractivity contribution in [3.05, 3.63) is 0 Å². The van der Waals surface area contributed by atoms with Gasteiger partial charge in [0.15, 0.2) is 0 Å². The fraction of sp³-hybridized carbons (Fsp3) is 0.933. The number of amides is 1. The molecule has 0 aliphatic carbocycles. The van der Waals surface area contributed by atoms with Crippen LogP contribution in [0.4, 0.5) is 0 Å². The highest BCUT2D eigenvalue weighted by molar-refractivity contribution is 5.83. The molecule has 7 heteroatoms. The summed E-state index contributed by atoms with van der Waals surface area (Å²) in [5.74, 6) is -1.25. The van der Waals surface area contributed by atoms with E-state index >= 15 is 0 Å². The van der Waals surface area contributed by atoms with Crippen molar-refractivity contribution in [1.82, 2.24) is 5.32 Å². The normalized spacial score (nSPS) is 12.5. The Hall–Kier alpha value is -1.63. The van der Waals surface area contributed by atoms with E-state index in [2.05, 4.69) is 19.2 Å². The molecule has 2 atom stereocenters. The van der Waals surface area contributed by atoms with Crippen molar-refractivity contribution in [1.29, 1.82) is 0 Å². The minimum atomic E-state index is -1.01. The van der Waals surface area contributed by atoms with Gasteiger partial charge < -0.3 is 20.9 Å². The van der Waals surface area contributed by atoms with Gasteiger partial charge >= 0.3 is 11.9 Å². The summed E-state index contributed by atoms with van der Waals surface area (Å²) in [5, 5.41) is 11.9. The van der Waals surface area contributed by atoms with Crippen molar-refractivity contribution in [2.75, 3.05) is 6.54 Å². The molecule has 0 aromatic rings. The van der Waals surface area contributed by atoms with E-state index in [1.807, 2.05) is 0 Å². The van der Waals surface area contributed by atoms with Crippen LogP contribution < -0.4 is 11.1 Å². The van der Waals surface area contributed by atoms with Crippen LogP contribution in [-0.2, 0) is 19.1 Å². The van der Waals surface area contributed by atoms with Crippen LogP contribution in [0.25, 0.3) is 0 Å². The molecule has 1 amide bonds. The quantitative estimate of drug-likeness (QED) is 0.0424. The van der Waals surface area contributed by atoms with E-state index in [0.717, 1.165) is 57.8 Å². The molecule has 7 nitrogen and oxygen atoms in total. The molecular weight excluding hydrogens is 649 g/mol. The van der Waals surface area contributed by atoms with Gasteiger partial charge in [-0.25, -0.2) is 4.79 Å². The van der Waals surface area contributed by atoms with E-state index in [1.165, 1.54) is 154 Å². The Balaban J connectivity index is 3.88. The van der Waals surface area contributed by atoms with Crippen LogP contribution in [0.15, 0.2) is 0 Å². The molecule has 0 saturated heterocycles. The maximum absolute atomic E-state index is 12.7. The summed E-state index contributed by atoms with van der Waals surface area (Å²) in [6.07, 6.45) is 43.2. The summed E-state index contributed by atoms with van der Waals surface area (Å²) in [4.78, 5) is 36.2. The van der Waals surface area contributed by atoms with Gasteiger partial charge in [0.1, 0.15) is 12.1 Å². The van der Waals surface area contributed by atoms with Gasteiger partial charge in [0.2, 0.25) is 5.91 Å². The molecule has 0 radical (unpaired) electrons. The molecule has 0 rings (SSSR count). The summed E-state index contributed by atoms with van der Waals surface area (Å²) in [6, 6.07) is -0.859. The number of carboxylic acid groups (broad SMARTS) is 1. The third-order valence-corrected chi connectivity index (χ3v) is 10.7. The van der Waals surface area contributed by atoms with Crippen LogP contribution in [0.1, 0.15) is 251 Å². The maximum Gasteiger partial charge on any atom is 0.326 e. The molecular formula is C45H88N2O5. The first-order chi connectivity index (χ1) is 25.4. The Kier molecular flexibility index (Phi) is 39.3. The van der Waals surface area contributed by atoms with E-state index in [-0.39, 0.29) is 18.0 Å². The highest BCUT2D eigenvalue weighted by Crippen LogP contribution is 2.19. The van der Waals surface area contributed by atoms with Gasteiger partial charge in [-0.05, 0) is 57.9 Å². The number of hydrogen-bond donors (Lipinski definition) is 3. The van der Waals surface area contributed by atoms with E-state index in [9.17, 15) is 19.5 Å². The Morgan fingerprint density at radius 3 is 1.19 bits per heavy atom. The molecule has 0 heterocycles. The number of esters is 1. The molecule has 0 bridgehead atoms. The number of nitrogens with one attached hydrogen (secondary N) is 1. The molecule has 0 aliphatic rings. The second-order valence-corrected chi connectivity index (χ2v) is 15.8. The van der Waals surface area contributed by atoms with Gasteiger partial charge in [-0.3, -0.25) is 9.59 Å². The van der Waals surface area contributed by atoms with Crippen molar-refractivity contribution in [3.63, 3.8) is 0 Å². The molecule has 0 aromatic heterocycles. The molecule has 4 N–H and O–H groups in total. The monoisotopic (exact) mass is 737 g/mol. The summed E-state index contributed by atoms with van der Waals surface area (Å²) >= 11 is 0. The third-order valence-electron chi connectivity index (χ3n) is 10.7. The van der Waals surface area contributed by atoms with E-state index in [0.29, 0.717) is 32.2 Å². The Bertz CT molecular complexity index is 792. The smallest absolute Gasteiger partial charge is 0.326 e. The second kappa shape index (κ2) is 40.6. The number of carbonyl (C=O) groups is 3. The van der Waals surface area contributed by atoms with E-state index in [1.54, 1.807) is 0 Å². The van der Waals surface area contributed by atoms with Crippen LogP contribution in [0.5, 0.6) is 0 Å². The first-order valence-electron chi connectivity index (χ1n) is 22.9. The minimum Gasteiger partial charge on any atom is -0.480 e. The van der Waals surface area contributed by atoms with Crippen molar-refractivity contribution < 1.29 is 24.2 Å². The van der Waals surface area contributed by atoms with Gasteiger partial charge in [-0.15, -0.1) is 0 Å². The lowest BCUT2D eigenvalue weighted by Gasteiger charge is -2.18. The van der Waals surface area contributed by atoms with Crippen LogP contribution in [0.2, 0.25) is 0 Å². The summed E-state index contributed by atoms with van der Waals surface area (Å²) in [6.45, 7) is 4.93. The molecule has 0 fully saturated rings. The average Bonchev–Trinajstić information content (AvgIpc) is 3.13. The SMILES string of the molecule is CCCCCCCCCCCCCCCCCCCCCCCCC(=O)OC(CCCCCCC)CCCCCCC(=O)NC(CCCN)C(=O)O. The predicted octanol–water partition coefficient (Wildman–Crippen LogP) is 12.9. The van der Waals surface area contributed by atoms with Gasteiger partial charge in [-0.2, -0.15) is 0 Å². The molecule has 0 aromatic carbocycles. The summed E-state index contributed by atoms with van der Waals surface area (Å²) < 4.78 is 5.98. The van der Waals surface area contributed by atoms with Gasteiger partial charge in [0.05, 0.1) is 0 Å². The number of aliphatic carboxylic acids is 1. The Labute approximate surface area is 322 Å². The lowest BCUT2D eigenvalue weighted by Crippen LogP contribution is -2.40. The Morgan fingerprint density at radius 1 is 0.481 bits per heavy atom. The largest absolute Gasteiger partial charge is 0.480 e.